The fourth-order valence-electron chi connectivity index (χ4n) is 2.71. The van der Waals surface area contributed by atoms with Crippen LogP contribution in [0, 0.1) is 11.8 Å². The SMILES string of the molecule is CCCCCCSC[C@@H]1COC[C@@H]1C/C=C\CCCC(=O)O. The van der Waals surface area contributed by atoms with E-state index in [1.165, 1.54) is 37.2 Å². The molecule has 1 aliphatic heterocycles. The molecule has 1 saturated heterocycles. The van der Waals surface area contributed by atoms with Gasteiger partial charge in [-0.3, -0.25) is 4.79 Å². The maximum absolute atomic E-state index is 10.4. The van der Waals surface area contributed by atoms with Crippen LogP contribution in [0.5, 0.6) is 0 Å². The minimum atomic E-state index is -0.700. The van der Waals surface area contributed by atoms with Crippen LogP contribution in [0.15, 0.2) is 12.2 Å². The van der Waals surface area contributed by atoms with Crippen molar-refractivity contribution in [2.45, 2.75) is 58.3 Å². The molecule has 1 rings (SSSR count). The summed E-state index contributed by atoms with van der Waals surface area (Å²) < 4.78 is 5.65. The Morgan fingerprint density at radius 1 is 1.18 bits per heavy atom. The van der Waals surface area contributed by atoms with Crippen molar-refractivity contribution >= 4 is 17.7 Å². The van der Waals surface area contributed by atoms with Crippen LogP contribution < -0.4 is 0 Å². The molecule has 4 heteroatoms. The van der Waals surface area contributed by atoms with Crippen LogP contribution in [0.4, 0.5) is 0 Å². The highest BCUT2D eigenvalue weighted by molar-refractivity contribution is 7.99. The number of ether oxygens (including phenoxy) is 1. The smallest absolute Gasteiger partial charge is 0.303 e. The largest absolute Gasteiger partial charge is 0.481 e. The Kier molecular flexibility index (Phi) is 11.6. The van der Waals surface area contributed by atoms with E-state index in [0.29, 0.717) is 11.8 Å². The van der Waals surface area contributed by atoms with Crippen molar-refractivity contribution < 1.29 is 14.6 Å². The molecule has 0 unspecified atom stereocenters. The van der Waals surface area contributed by atoms with E-state index in [1.54, 1.807) is 0 Å². The zero-order valence-corrected chi connectivity index (χ0v) is 14.8. The molecule has 1 fully saturated rings. The van der Waals surface area contributed by atoms with Crippen molar-refractivity contribution in [3.63, 3.8) is 0 Å². The van der Waals surface area contributed by atoms with Gasteiger partial charge in [0.15, 0.2) is 0 Å². The van der Waals surface area contributed by atoms with Gasteiger partial charge in [-0.05, 0) is 49.0 Å². The van der Waals surface area contributed by atoms with Gasteiger partial charge in [-0.2, -0.15) is 11.8 Å². The van der Waals surface area contributed by atoms with Crippen molar-refractivity contribution in [2.75, 3.05) is 24.7 Å². The first-order valence-electron chi connectivity index (χ1n) is 8.76. The molecule has 0 aliphatic carbocycles. The van der Waals surface area contributed by atoms with Gasteiger partial charge in [-0.15, -0.1) is 0 Å². The van der Waals surface area contributed by atoms with Crippen LogP contribution in [-0.4, -0.2) is 35.8 Å². The Morgan fingerprint density at radius 2 is 2.00 bits per heavy atom. The Bertz CT molecular complexity index is 317. The highest BCUT2D eigenvalue weighted by Gasteiger charge is 2.26. The number of carboxylic acids is 1. The third-order valence-corrected chi connectivity index (χ3v) is 5.41. The molecule has 0 amide bonds. The van der Waals surface area contributed by atoms with Gasteiger partial charge in [0.2, 0.25) is 0 Å². The predicted molar refractivity (Wildman–Crippen MR) is 94.5 cm³/mol. The summed E-state index contributed by atoms with van der Waals surface area (Å²) in [6, 6.07) is 0. The maximum atomic E-state index is 10.4. The molecule has 0 radical (unpaired) electrons. The fourth-order valence-corrected chi connectivity index (χ4v) is 3.96. The summed E-state index contributed by atoms with van der Waals surface area (Å²) in [7, 11) is 0. The Hall–Kier alpha value is -0.480. The summed E-state index contributed by atoms with van der Waals surface area (Å²) in [5.41, 5.74) is 0. The molecule has 0 aromatic rings. The third-order valence-electron chi connectivity index (χ3n) is 4.17. The molecule has 1 aliphatic rings. The molecule has 0 spiro atoms. The molecule has 0 aromatic heterocycles. The minimum Gasteiger partial charge on any atom is -0.481 e. The lowest BCUT2D eigenvalue weighted by molar-refractivity contribution is -0.137. The van der Waals surface area contributed by atoms with Gasteiger partial charge in [0, 0.05) is 6.42 Å². The molecule has 0 bridgehead atoms. The number of aliphatic carboxylic acids is 1. The number of carboxylic acid groups (broad SMARTS) is 1. The maximum Gasteiger partial charge on any atom is 0.303 e. The average molecular weight is 329 g/mol. The van der Waals surface area contributed by atoms with Gasteiger partial charge in [0.1, 0.15) is 0 Å². The Labute approximate surface area is 139 Å². The first-order chi connectivity index (χ1) is 10.7. The van der Waals surface area contributed by atoms with Gasteiger partial charge in [0.05, 0.1) is 13.2 Å². The molecule has 0 saturated carbocycles. The molecule has 1 heterocycles. The normalized spacial score (nSPS) is 21.7. The quantitative estimate of drug-likeness (QED) is 0.391. The van der Waals surface area contributed by atoms with Gasteiger partial charge in [0.25, 0.3) is 0 Å². The van der Waals surface area contributed by atoms with Crippen molar-refractivity contribution in [1.29, 1.82) is 0 Å². The van der Waals surface area contributed by atoms with E-state index in [0.717, 1.165) is 32.5 Å². The number of rotatable bonds is 13. The number of hydrogen-bond donors (Lipinski definition) is 1. The fraction of sp³-hybridized carbons (Fsp3) is 0.833. The number of carbonyl (C=O) groups is 1. The second-order valence-electron chi connectivity index (χ2n) is 6.19. The second-order valence-corrected chi connectivity index (χ2v) is 7.34. The van der Waals surface area contributed by atoms with E-state index >= 15 is 0 Å². The van der Waals surface area contributed by atoms with Crippen LogP contribution in [0.1, 0.15) is 58.3 Å². The summed E-state index contributed by atoms with van der Waals surface area (Å²) in [5.74, 6) is 3.16. The molecule has 0 aromatic carbocycles. The lowest BCUT2D eigenvalue weighted by atomic mass is 9.94. The lowest BCUT2D eigenvalue weighted by Gasteiger charge is -2.15. The van der Waals surface area contributed by atoms with Crippen LogP contribution in [0.25, 0.3) is 0 Å². The van der Waals surface area contributed by atoms with Crippen molar-refractivity contribution in [3.05, 3.63) is 12.2 Å². The van der Waals surface area contributed by atoms with Gasteiger partial charge >= 0.3 is 5.97 Å². The van der Waals surface area contributed by atoms with E-state index in [2.05, 4.69) is 30.8 Å². The monoisotopic (exact) mass is 328 g/mol. The Morgan fingerprint density at radius 3 is 2.77 bits per heavy atom. The topological polar surface area (TPSA) is 46.5 Å². The summed E-state index contributed by atoms with van der Waals surface area (Å²) >= 11 is 2.09. The molecule has 1 N–H and O–H groups in total. The van der Waals surface area contributed by atoms with E-state index in [9.17, 15) is 4.79 Å². The van der Waals surface area contributed by atoms with Crippen LogP contribution in [-0.2, 0) is 9.53 Å². The van der Waals surface area contributed by atoms with Crippen molar-refractivity contribution in [1.82, 2.24) is 0 Å². The van der Waals surface area contributed by atoms with E-state index in [4.69, 9.17) is 9.84 Å². The number of thioether (sulfide) groups is 1. The van der Waals surface area contributed by atoms with Crippen molar-refractivity contribution in [2.24, 2.45) is 11.8 Å². The predicted octanol–water partition coefficient (Wildman–Crippen LogP) is 4.76. The van der Waals surface area contributed by atoms with E-state index in [-0.39, 0.29) is 6.42 Å². The summed E-state index contributed by atoms with van der Waals surface area (Å²) in [6.07, 6.45) is 12.7. The third kappa shape index (κ3) is 9.52. The molecule has 3 nitrogen and oxygen atoms in total. The van der Waals surface area contributed by atoms with Crippen molar-refractivity contribution in [3.8, 4) is 0 Å². The summed E-state index contributed by atoms with van der Waals surface area (Å²) in [5, 5.41) is 8.58. The molecule has 128 valence electrons. The lowest BCUT2D eigenvalue weighted by Crippen LogP contribution is -2.14. The highest BCUT2D eigenvalue weighted by atomic mass is 32.2. The Balaban J connectivity index is 2.07. The summed E-state index contributed by atoms with van der Waals surface area (Å²) in [4.78, 5) is 10.4. The molecule has 22 heavy (non-hydrogen) atoms. The number of allylic oxidation sites excluding steroid dienone is 2. The van der Waals surface area contributed by atoms with Crippen LogP contribution >= 0.6 is 11.8 Å². The van der Waals surface area contributed by atoms with E-state index < -0.39 is 5.97 Å². The number of hydrogen-bond acceptors (Lipinski definition) is 3. The van der Waals surface area contributed by atoms with Crippen LogP contribution in [0.3, 0.4) is 0 Å². The van der Waals surface area contributed by atoms with E-state index in [1.807, 2.05) is 0 Å². The number of unbranched alkanes of at least 4 members (excludes halogenated alkanes) is 4. The summed E-state index contributed by atoms with van der Waals surface area (Å²) in [6.45, 7) is 4.06. The first kappa shape index (κ1) is 19.6. The highest BCUT2D eigenvalue weighted by Crippen LogP contribution is 2.28. The van der Waals surface area contributed by atoms with Gasteiger partial charge < -0.3 is 9.84 Å². The zero-order valence-electron chi connectivity index (χ0n) is 14.0. The average Bonchev–Trinajstić information content (AvgIpc) is 2.93. The molecular weight excluding hydrogens is 296 g/mol. The van der Waals surface area contributed by atoms with Gasteiger partial charge in [-0.1, -0.05) is 38.3 Å². The molecule has 2 atom stereocenters. The first-order valence-corrected chi connectivity index (χ1v) is 9.91. The second kappa shape index (κ2) is 13.0. The zero-order chi connectivity index (χ0) is 16.0. The minimum absolute atomic E-state index is 0.272. The standard InChI is InChI=1S/C18H32O3S/c1-2-3-4-9-12-22-15-17-14-21-13-16(17)10-7-5-6-8-11-18(19)20/h5,7,16-17H,2-4,6,8-15H2,1H3,(H,19,20)/b7-5-/t16-,17-/m0/s1. The van der Waals surface area contributed by atoms with Gasteiger partial charge in [-0.25, -0.2) is 0 Å². The molecular formula is C18H32O3S. The van der Waals surface area contributed by atoms with Crippen LogP contribution in [0.2, 0.25) is 0 Å².